The van der Waals surface area contributed by atoms with Crippen LogP contribution in [0.2, 0.25) is 5.02 Å². The Bertz CT molecular complexity index is 1210. The number of fused-ring (bicyclic) bond motifs is 1. The van der Waals surface area contributed by atoms with E-state index in [1.807, 2.05) is 36.4 Å². The van der Waals surface area contributed by atoms with Crippen LogP contribution >= 0.6 is 11.6 Å². The average molecular weight is 383 g/mol. The summed E-state index contributed by atoms with van der Waals surface area (Å²) in [5.74, 6) is 0. The molecule has 28 heavy (non-hydrogen) atoms. The van der Waals surface area contributed by atoms with Gasteiger partial charge in [-0.2, -0.15) is 5.26 Å². The van der Waals surface area contributed by atoms with Gasteiger partial charge in [0.2, 0.25) is 0 Å². The smallest absolute Gasteiger partial charge is 0.0998 e. The summed E-state index contributed by atoms with van der Waals surface area (Å²) >= 11 is 5.99. The molecule has 0 N–H and O–H groups in total. The molecule has 0 radical (unpaired) electrons. The number of para-hydroxylation sites is 1. The van der Waals surface area contributed by atoms with Crippen LogP contribution in [0.4, 0.5) is 0 Å². The van der Waals surface area contributed by atoms with Gasteiger partial charge in [-0.15, -0.1) is 0 Å². The quantitative estimate of drug-likeness (QED) is 0.360. The van der Waals surface area contributed by atoms with Gasteiger partial charge in [0.1, 0.15) is 0 Å². The fraction of sp³-hybridized carbons (Fsp3) is 0.0800. The van der Waals surface area contributed by atoms with Crippen LogP contribution in [0.25, 0.3) is 22.6 Å². The van der Waals surface area contributed by atoms with Gasteiger partial charge in [0.25, 0.3) is 0 Å². The molecule has 0 amide bonds. The lowest BCUT2D eigenvalue weighted by atomic mass is 10.0. The fourth-order valence-electron chi connectivity index (χ4n) is 3.46. The lowest BCUT2D eigenvalue weighted by Gasteiger charge is -2.08. The van der Waals surface area contributed by atoms with Crippen LogP contribution in [-0.4, -0.2) is 4.57 Å². The normalized spacial score (nSPS) is 11.5. The van der Waals surface area contributed by atoms with Crippen molar-refractivity contribution in [2.45, 2.75) is 13.5 Å². The van der Waals surface area contributed by atoms with E-state index in [1.165, 1.54) is 11.1 Å². The molecule has 0 aliphatic carbocycles. The van der Waals surface area contributed by atoms with E-state index in [0.717, 1.165) is 28.6 Å². The number of hydrogen-bond acceptors (Lipinski definition) is 1. The second-order valence-electron chi connectivity index (χ2n) is 6.83. The lowest BCUT2D eigenvalue weighted by Crippen LogP contribution is -1.99. The minimum atomic E-state index is 0.621. The van der Waals surface area contributed by atoms with E-state index in [0.29, 0.717) is 10.6 Å². The Hall–Kier alpha value is -3.28. The Morgan fingerprint density at radius 1 is 1.00 bits per heavy atom. The van der Waals surface area contributed by atoms with Crippen LogP contribution in [0.1, 0.15) is 22.3 Å². The highest BCUT2D eigenvalue weighted by molar-refractivity contribution is 6.30. The molecule has 0 aliphatic heterocycles. The van der Waals surface area contributed by atoms with Gasteiger partial charge in [0.05, 0.1) is 11.6 Å². The predicted octanol–water partition coefficient (Wildman–Crippen LogP) is 6.72. The molecule has 0 atom stereocenters. The SMILES string of the molecule is Cc1ccccc1Cn1cc(/C=C(/C#N)c2ccc(Cl)cc2)c2ccccc21. The molecule has 1 aromatic heterocycles. The van der Waals surface area contributed by atoms with Gasteiger partial charge in [0.15, 0.2) is 0 Å². The first-order valence-electron chi connectivity index (χ1n) is 9.16. The maximum Gasteiger partial charge on any atom is 0.0998 e. The number of nitrogens with zero attached hydrogens (tertiary/aromatic N) is 2. The maximum absolute atomic E-state index is 9.70. The molecule has 0 unspecified atom stereocenters. The topological polar surface area (TPSA) is 28.7 Å². The zero-order valence-corrected chi connectivity index (χ0v) is 16.3. The molecule has 0 fully saturated rings. The van der Waals surface area contributed by atoms with E-state index in [-0.39, 0.29) is 0 Å². The first-order chi connectivity index (χ1) is 13.7. The monoisotopic (exact) mass is 382 g/mol. The summed E-state index contributed by atoms with van der Waals surface area (Å²) in [6.45, 7) is 2.93. The predicted molar refractivity (Wildman–Crippen MR) is 117 cm³/mol. The number of aryl methyl sites for hydroxylation is 1. The van der Waals surface area contributed by atoms with Gasteiger partial charge in [-0.3, -0.25) is 0 Å². The maximum atomic E-state index is 9.70. The molecule has 3 heteroatoms. The summed E-state index contributed by atoms with van der Waals surface area (Å²) in [6.07, 6.45) is 4.09. The summed E-state index contributed by atoms with van der Waals surface area (Å²) < 4.78 is 2.25. The van der Waals surface area contributed by atoms with E-state index in [9.17, 15) is 5.26 Å². The third-order valence-corrected chi connectivity index (χ3v) is 5.25. The van der Waals surface area contributed by atoms with Crippen molar-refractivity contribution in [1.82, 2.24) is 4.57 Å². The summed E-state index contributed by atoms with van der Waals surface area (Å²) in [7, 11) is 0. The number of aromatic nitrogens is 1. The molecule has 0 bridgehead atoms. The van der Waals surface area contributed by atoms with Crippen LogP contribution in [0.15, 0.2) is 79.0 Å². The van der Waals surface area contributed by atoms with E-state index in [1.54, 1.807) is 0 Å². The van der Waals surface area contributed by atoms with Gasteiger partial charge in [-0.25, -0.2) is 0 Å². The number of rotatable bonds is 4. The number of halogens is 1. The summed E-state index contributed by atoms with van der Waals surface area (Å²) in [5.41, 5.74) is 6.24. The van der Waals surface area contributed by atoms with Crippen LogP contribution in [-0.2, 0) is 6.54 Å². The van der Waals surface area contributed by atoms with Gasteiger partial charge in [-0.05, 0) is 47.9 Å². The highest BCUT2D eigenvalue weighted by atomic mass is 35.5. The Labute approximate surface area is 169 Å². The largest absolute Gasteiger partial charge is 0.342 e. The average Bonchev–Trinajstić information content (AvgIpc) is 3.06. The Balaban J connectivity index is 1.81. The minimum Gasteiger partial charge on any atom is -0.342 e. The molecule has 4 rings (SSSR count). The van der Waals surface area contributed by atoms with Crippen molar-refractivity contribution in [1.29, 1.82) is 5.26 Å². The first kappa shape index (κ1) is 18.1. The second-order valence-corrected chi connectivity index (χ2v) is 7.27. The highest BCUT2D eigenvalue weighted by Gasteiger charge is 2.10. The third-order valence-electron chi connectivity index (χ3n) is 5.00. The fourth-order valence-corrected chi connectivity index (χ4v) is 3.58. The van der Waals surface area contributed by atoms with Crippen molar-refractivity contribution >= 4 is 34.2 Å². The summed E-state index contributed by atoms with van der Waals surface area (Å²) in [4.78, 5) is 0. The van der Waals surface area contributed by atoms with Crippen LogP contribution in [0, 0.1) is 18.3 Å². The van der Waals surface area contributed by atoms with Crippen molar-refractivity contribution in [2.24, 2.45) is 0 Å². The zero-order chi connectivity index (χ0) is 19.5. The van der Waals surface area contributed by atoms with E-state index >= 15 is 0 Å². The van der Waals surface area contributed by atoms with Crippen LogP contribution in [0.3, 0.4) is 0 Å². The molecule has 0 aliphatic rings. The number of nitriles is 1. The zero-order valence-electron chi connectivity index (χ0n) is 15.6. The summed E-state index contributed by atoms with van der Waals surface area (Å²) in [6, 6.07) is 26.4. The van der Waals surface area contributed by atoms with Gasteiger partial charge < -0.3 is 4.57 Å². The first-order valence-corrected chi connectivity index (χ1v) is 9.53. The van der Waals surface area contributed by atoms with Crippen molar-refractivity contribution in [3.05, 3.63) is 106 Å². The summed E-state index contributed by atoms with van der Waals surface area (Å²) in [5, 5.41) is 11.5. The molecular weight excluding hydrogens is 364 g/mol. The van der Waals surface area contributed by atoms with Crippen LogP contribution in [0.5, 0.6) is 0 Å². The van der Waals surface area contributed by atoms with Crippen molar-refractivity contribution in [3.8, 4) is 6.07 Å². The van der Waals surface area contributed by atoms with Gasteiger partial charge >= 0.3 is 0 Å². The van der Waals surface area contributed by atoms with E-state index < -0.39 is 0 Å². The van der Waals surface area contributed by atoms with Crippen molar-refractivity contribution < 1.29 is 0 Å². The Morgan fingerprint density at radius 3 is 2.46 bits per heavy atom. The highest BCUT2D eigenvalue weighted by Crippen LogP contribution is 2.27. The van der Waals surface area contributed by atoms with Crippen molar-refractivity contribution in [2.75, 3.05) is 0 Å². The molecule has 0 spiro atoms. The van der Waals surface area contributed by atoms with Crippen LogP contribution < -0.4 is 0 Å². The lowest BCUT2D eigenvalue weighted by molar-refractivity contribution is 0.830. The third kappa shape index (κ3) is 3.58. The Kier molecular flexibility index (Phi) is 5.02. The van der Waals surface area contributed by atoms with E-state index in [2.05, 4.69) is 66.2 Å². The van der Waals surface area contributed by atoms with Crippen molar-refractivity contribution in [3.63, 3.8) is 0 Å². The molecule has 1 heterocycles. The molecular formula is C25H19ClN2. The molecule has 136 valence electrons. The second kappa shape index (κ2) is 7.76. The van der Waals surface area contributed by atoms with Gasteiger partial charge in [-0.1, -0.05) is 66.2 Å². The molecule has 2 nitrogen and oxygen atoms in total. The minimum absolute atomic E-state index is 0.621. The van der Waals surface area contributed by atoms with Gasteiger partial charge in [0, 0.05) is 34.2 Å². The Morgan fingerprint density at radius 2 is 1.71 bits per heavy atom. The number of benzene rings is 3. The number of allylic oxidation sites excluding steroid dienone is 1. The molecule has 4 aromatic rings. The number of hydrogen-bond donors (Lipinski definition) is 0. The molecule has 0 saturated carbocycles. The standard InChI is InChI=1S/C25H19ClN2/c1-18-6-2-3-7-20(18)16-28-17-22(24-8-4-5-9-25(24)28)14-21(15-27)19-10-12-23(26)13-11-19/h2-14,17H,16H2,1H3/b21-14-. The molecule has 3 aromatic carbocycles. The molecule has 0 saturated heterocycles. The van der Waals surface area contributed by atoms with E-state index in [4.69, 9.17) is 11.6 Å².